The van der Waals surface area contributed by atoms with Crippen molar-refractivity contribution in [1.29, 1.82) is 0 Å². The van der Waals surface area contributed by atoms with Crippen LogP contribution in [0.4, 0.5) is 10.5 Å². The van der Waals surface area contributed by atoms with Crippen LogP contribution in [0, 0.1) is 18.8 Å². The third-order valence-electron chi connectivity index (χ3n) is 4.46. The maximum Gasteiger partial charge on any atom is 0.319 e. The molecule has 5 heteroatoms. The first-order valence-electron chi connectivity index (χ1n) is 8.81. The molecule has 2 N–H and O–H groups in total. The van der Waals surface area contributed by atoms with Crippen LogP contribution in [0.15, 0.2) is 18.2 Å². The number of aryl methyl sites for hydroxylation is 1. The molecule has 1 heterocycles. The molecule has 1 saturated heterocycles. The van der Waals surface area contributed by atoms with E-state index in [1.807, 2.05) is 37.8 Å². The smallest absolute Gasteiger partial charge is 0.319 e. The first-order chi connectivity index (χ1) is 11.4. The summed E-state index contributed by atoms with van der Waals surface area (Å²) >= 11 is 0. The van der Waals surface area contributed by atoms with E-state index in [1.54, 1.807) is 6.07 Å². The predicted octanol–water partition coefficient (Wildman–Crippen LogP) is 3.64. The Morgan fingerprint density at radius 3 is 2.50 bits per heavy atom. The minimum atomic E-state index is -0.212. The second-order valence-corrected chi connectivity index (χ2v) is 7.23. The minimum absolute atomic E-state index is 0.0841. The topological polar surface area (TPSA) is 61.4 Å². The molecule has 1 aromatic rings. The van der Waals surface area contributed by atoms with Crippen molar-refractivity contribution < 1.29 is 9.59 Å². The van der Waals surface area contributed by atoms with Crippen LogP contribution in [0.2, 0.25) is 0 Å². The summed E-state index contributed by atoms with van der Waals surface area (Å²) in [5.41, 5.74) is 2.32. The molecule has 1 aliphatic rings. The van der Waals surface area contributed by atoms with Gasteiger partial charge < -0.3 is 15.5 Å². The van der Waals surface area contributed by atoms with Crippen molar-refractivity contribution in [3.05, 3.63) is 29.3 Å². The third-order valence-corrected chi connectivity index (χ3v) is 4.46. The highest BCUT2D eigenvalue weighted by Gasteiger charge is 2.21. The first kappa shape index (κ1) is 18.3. The van der Waals surface area contributed by atoms with Crippen LogP contribution in [0.25, 0.3) is 0 Å². The Labute approximate surface area is 144 Å². The summed E-state index contributed by atoms with van der Waals surface area (Å²) < 4.78 is 0. The fraction of sp³-hybridized carbons (Fsp3) is 0.579. The Morgan fingerprint density at radius 1 is 1.25 bits per heavy atom. The monoisotopic (exact) mass is 331 g/mol. The summed E-state index contributed by atoms with van der Waals surface area (Å²) in [5, 5.41) is 5.67. The van der Waals surface area contributed by atoms with Gasteiger partial charge in [-0.2, -0.15) is 0 Å². The molecule has 2 rings (SSSR count). The van der Waals surface area contributed by atoms with Crippen LogP contribution < -0.4 is 10.6 Å². The van der Waals surface area contributed by atoms with Crippen LogP contribution in [0.1, 0.15) is 49.5 Å². The number of nitrogens with one attached hydrogen (secondary N) is 2. The molecule has 1 fully saturated rings. The number of carbonyl (C=O) groups is 2. The molecule has 3 amide bonds. The normalized spacial score (nSPS) is 15.5. The van der Waals surface area contributed by atoms with Gasteiger partial charge in [-0.25, -0.2) is 4.79 Å². The van der Waals surface area contributed by atoms with Crippen LogP contribution in [0.3, 0.4) is 0 Å². The minimum Gasteiger partial charge on any atom is -0.339 e. The summed E-state index contributed by atoms with van der Waals surface area (Å²) in [7, 11) is 0. The molecule has 0 saturated carbocycles. The van der Waals surface area contributed by atoms with Gasteiger partial charge in [0.25, 0.3) is 5.91 Å². The Kier molecular flexibility index (Phi) is 6.23. The average Bonchev–Trinajstić information content (AvgIpc) is 2.55. The standard InChI is InChI=1S/C19H29N3O2/c1-13(2)12-20-19(24)21-17-6-5-16(11-15(17)4)18(23)22-9-7-14(3)8-10-22/h5-6,11,13-14H,7-10,12H2,1-4H3,(H2,20,21,24). The second-order valence-electron chi connectivity index (χ2n) is 7.23. The average molecular weight is 331 g/mol. The molecule has 24 heavy (non-hydrogen) atoms. The number of likely N-dealkylation sites (tertiary alicyclic amines) is 1. The molecule has 0 atom stereocenters. The molecule has 132 valence electrons. The van der Waals surface area contributed by atoms with E-state index < -0.39 is 0 Å². The SMILES string of the molecule is Cc1cc(C(=O)N2CCC(C)CC2)ccc1NC(=O)NCC(C)C. The quantitative estimate of drug-likeness (QED) is 0.885. The molecule has 0 aliphatic carbocycles. The van der Waals surface area contributed by atoms with Crippen molar-refractivity contribution in [2.24, 2.45) is 11.8 Å². The van der Waals surface area contributed by atoms with Gasteiger partial charge in [0.15, 0.2) is 0 Å². The van der Waals surface area contributed by atoms with E-state index in [4.69, 9.17) is 0 Å². The van der Waals surface area contributed by atoms with Crippen LogP contribution in [-0.2, 0) is 0 Å². The largest absolute Gasteiger partial charge is 0.339 e. The Hall–Kier alpha value is -2.04. The Bertz CT molecular complexity index is 590. The van der Waals surface area contributed by atoms with Gasteiger partial charge in [0, 0.05) is 30.9 Å². The number of benzene rings is 1. The van der Waals surface area contributed by atoms with Crippen molar-refractivity contribution in [2.45, 2.75) is 40.5 Å². The molecule has 0 unspecified atom stereocenters. The van der Waals surface area contributed by atoms with E-state index >= 15 is 0 Å². The van der Waals surface area contributed by atoms with Gasteiger partial charge in [0.05, 0.1) is 0 Å². The highest BCUT2D eigenvalue weighted by atomic mass is 16.2. The number of nitrogens with zero attached hydrogens (tertiary/aromatic N) is 1. The van der Waals surface area contributed by atoms with Crippen LogP contribution in [-0.4, -0.2) is 36.5 Å². The van der Waals surface area contributed by atoms with E-state index in [-0.39, 0.29) is 11.9 Å². The zero-order valence-electron chi connectivity index (χ0n) is 15.2. The number of piperidine rings is 1. The number of hydrogen-bond acceptors (Lipinski definition) is 2. The van der Waals surface area contributed by atoms with Gasteiger partial charge in [-0.15, -0.1) is 0 Å². The zero-order chi connectivity index (χ0) is 17.7. The van der Waals surface area contributed by atoms with Gasteiger partial charge in [0.2, 0.25) is 0 Å². The highest BCUT2D eigenvalue weighted by Crippen LogP contribution is 2.21. The lowest BCUT2D eigenvalue weighted by Crippen LogP contribution is -2.38. The molecule has 0 aromatic heterocycles. The lowest BCUT2D eigenvalue weighted by molar-refractivity contribution is 0.0697. The van der Waals surface area contributed by atoms with E-state index in [9.17, 15) is 9.59 Å². The lowest BCUT2D eigenvalue weighted by atomic mass is 9.98. The van der Waals surface area contributed by atoms with Crippen LogP contribution in [0.5, 0.6) is 0 Å². The number of rotatable bonds is 4. The number of amides is 3. The number of anilines is 1. The fourth-order valence-electron chi connectivity index (χ4n) is 2.79. The molecule has 0 spiro atoms. The summed E-state index contributed by atoms with van der Waals surface area (Å²) in [5.74, 6) is 1.19. The molecular weight excluding hydrogens is 302 g/mol. The fourth-order valence-corrected chi connectivity index (χ4v) is 2.79. The molecule has 5 nitrogen and oxygen atoms in total. The highest BCUT2D eigenvalue weighted by molar-refractivity contribution is 5.96. The van der Waals surface area contributed by atoms with Crippen molar-refractivity contribution in [1.82, 2.24) is 10.2 Å². The second kappa shape index (κ2) is 8.18. The Morgan fingerprint density at radius 2 is 1.92 bits per heavy atom. The van der Waals surface area contributed by atoms with Crippen LogP contribution >= 0.6 is 0 Å². The van der Waals surface area contributed by atoms with E-state index in [1.165, 1.54) is 0 Å². The van der Waals surface area contributed by atoms with E-state index in [0.29, 0.717) is 23.9 Å². The van der Waals surface area contributed by atoms with Crippen molar-refractivity contribution in [3.8, 4) is 0 Å². The van der Waals surface area contributed by atoms with Crippen molar-refractivity contribution in [2.75, 3.05) is 25.0 Å². The van der Waals surface area contributed by atoms with Crippen molar-refractivity contribution >= 4 is 17.6 Å². The maximum absolute atomic E-state index is 12.6. The van der Waals surface area contributed by atoms with Crippen molar-refractivity contribution in [3.63, 3.8) is 0 Å². The Balaban J connectivity index is 1.98. The molecule has 1 aromatic carbocycles. The number of urea groups is 1. The summed E-state index contributed by atoms with van der Waals surface area (Å²) in [6.45, 7) is 10.5. The van der Waals surface area contributed by atoms with Gasteiger partial charge in [-0.05, 0) is 55.4 Å². The molecular formula is C19H29N3O2. The maximum atomic E-state index is 12.6. The summed E-state index contributed by atoms with van der Waals surface area (Å²) in [6.07, 6.45) is 2.14. The number of hydrogen-bond donors (Lipinski definition) is 2. The zero-order valence-corrected chi connectivity index (χ0v) is 15.2. The summed E-state index contributed by atoms with van der Waals surface area (Å²) in [6, 6.07) is 5.25. The number of carbonyl (C=O) groups excluding carboxylic acids is 2. The molecule has 1 aliphatic heterocycles. The van der Waals surface area contributed by atoms with E-state index in [0.717, 1.165) is 37.2 Å². The van der Waals surface area contributed by atoms with Gasteiger partial charge >= 0.3 is 6.03 Å². The molecule has 0 radical (unpaired) electrons. The van der Waals surface area contributed by atoms with Gasteiger partial charge in [-0.3, -0.25) is 4.79 Å². The summed E-state index contributed by atoms with van der Waals surface area (Å²) in [4.78, 5) is 26.4. The molecule has 0 bridgehead atoms. The van der Waals surface area contributed by atoms with Gasteiger partial charge in [-0.1, -0.05) is 20.8 Å². The first-order valence-corrected chi connectivity index (χ1v) is 8.81. The predicted molar refractivity (Wildman–Crippen MR) is 97.3 cm³/mol. The van der Waals surface area contributed by atoms with Gasteiger partial charge in [0.1, 0.15) is 0 Å². The van der Waals surface area contributed by atoms with E-state index in [2.05, 4.69) is 17.6 Å². The third kappa shape index (κ3) is 4.98. The lowest BCUT2D eigenvalue weighted by Gasteiger charge is -2.30.